The Morgan fingerprint density at radius 3 is 2.47 bits per heavy atom. The van der Waals surface area contributed by atoms with Crippen LogP contribution in [0.1, 0.15) is 41.6 Å². The summed E-state index contributed by atoms with van der Waals surface area (Å²) in [6.45, 7) is 7.60. The first kappa shape index (κ1) is 13.9. The molecule has 1 aromatic carbocycles. The molecule has 0 saturated carbocycles. The van der Waals surface area contributed by atoms with Gasteiger partial charge in [-0.25, -0.2) is 0 Å². The van der Waals surface area contributed by atoms with Crippen LogP contribution in [-0.2, 0) is 6.42 Å². The number of hydrogen-bond acceptors (Lipinski definition) is 2. The molecule has 0 aliphatic heterocycles. The van der Waals surface area contributed by atoms with Crippen LogP contribution in [0.2, 0.25) is 0 Å². The number of aryl methyl sites for hydroxylation is 2. The Balaban J connectivity index is 2.20. The third-order valence-electron chi connectivity index (χ3n) is 3.64. The number of rotatable bonds is 6. The van der Waals surface area contributed by atoms with E-state index < -0.39 is 0 Å². The van der Waals surface area contributed by atoms with Crippen molar-refractivity contribution in [2.24, 2.45) is 0 Å². The molecule has 19 heavy (non-hydrogen) atoms. The van der Waals surface area contributed by atoms with Gasteiger partial charge in [0.1, 0.15) is 0 Å². The Hall–Kier alpha value is -1.54. The lowest BCUT2D eigenvalue weighted by molar-refractivity contribution is 0.511. The SMILES string of the molecule is CCCNC(Cc1c(C)cccc1C)c1ccoc1. The predicted octanol–water partition coefficient (Wildman–Crippen LogP) is 4.18. The molecule has 0 bridgehead atoms. The van der Waals surface area contributed by atoms with Gasteiger partial charge < -0.3 is 9.73 Å². The van der Waals surface area contributed by atoms with Gasteiger partial charge in [0.25, 0.3) is 0 Å². The van der Waals surface area contributed by atoms with Crippen LogP contribution in [-0.4, -0.2) is 6.54 Å². The Morgan fingerprint density at radius 2 is 1.89 bits per heavy atom. The molecule has 2 heteroatoms. The highest BCUT2D eigenvalue weighted by atomic mass is 16.3. The summed E-state index contributed by atoms with van der Waals surface area (Å²) in [5.41, 5.74) is 5.41. The molecule has 0 fully saturated rings. The van der Waals surface area contributed by atoms with E-state index in [0.29, 0.717) is 6.04 Å². The highest BCUT2D eigenvalue weighted by Crippen LogP contribution is 2.23. The molecule has 2 nitrogen and oxygen atoms in total. The lowest BCUT2D eigenvalue weighted by atomic mass is 9.94. The number of hydrogen-bond donors (Lipinski definition) is 1. The number of benzene rings is 1. The third-order valence-corrected chi connectivity index (χ3v) is 3.64. The van der Waals surface area contributed by atoms with Crippen molar-refractivity contribution < 1.29 is 4.42 Å². The fraction of sp³-hybridized carbons (Fsp3) is 0.412. The molecule has 1 atom stereocenters. The summed E-state index contributed by atoms with van der Waals surface area (Å²) in [7, 11) is 0. The van der Waals surface area contributed by atoms with Crippen LogP contribution in [0.25, 0.3) is 0 Å². The average molecular weight is 257 g/mol. The first-order chi connectivity index (χ1) is 9.22. The summed E-state index contributed by atoms with van der Waals surface area (Å²) in [5, 5.41) is 3.61. The average Bonchev–Trinajstić information content (AvgIpc) is 2.91. The zero-order valence-electron chi connectivity index (χ0n) is 12.1. The maximum absolute atomic E-state index is 5.23. The van der Waals surface area contributed by atoms with Crippen molar-refractivity contribution in [2.45, 2.75) is 39.7 Å². The molecule has 2 aromatic rings. The van der Waals surface area contributed by atoms with E-state index in [1.165, 1.54) is 22.3 Å². The zero-order chi connectivity index (χ0) is 13.7. The molecule has 0 saturated heterocycles. The van der Waals surface area contributed by atoms with Crippen molar-refractivity contribution in [3.63, 3.8) is 0 Å². The van der Waals surface area contributed by atoms with Gasteiger partial charge in [0.05, 0.1) is 12.5 Å². The zero-order valence-corrected chi connectivity index (χ0v) is 12.1. The van der Waals surface area contributed by atoms with Crippen LogP contribution in [0.5, 0.6) is 0 Å². The molecule has 1 heterocycles. The van der Waals surface area contributed by atoms with Crippen molar-refractivity contribution in [2.75, 3.05) is 6.54 Å². The largest absolute Gasteiger partial charge is 0.472 e. The Bertz CT molecular complexity index is 482. The minimum absolute atomic E-state index is 0.332. The Kier molecular flexibility index (Phi) is 4.80. The minimum Gasteiger partial charge on any atom is -0.472 e. The molecule has 0 amide bonds. The maximum atomic E-state index is 5.23. The van der Waals surface area contributed by atoms with Gasteiger partial charge in [-0.15, -0.1) is 0 Å². The standard InChI is InChI=1S/C17H23NO/c1-4-9-18-17(15-8-10-19-12-15)11-16-13(2)6-5-7-14(16)3/h5-8,10,12,17-18H,4,9,11H2,1-3H3. The maximum Gasteiger partial charge on any atom is 0.0950 e. The second-order valence-corrected chi connectivity index (χ2v) is 5.14. The first-order valence-electron chi connectivity index (χ1n) is 7.03. The second kappa shape index (κ2) is 6.58. The van der Waals surface area contributed by atoms with Crippen molar-refractivity contribution >= 4 is 0 Å². The predicted molar refractivity (Wildman–Crippen MR) is 79.4 cm³/mol. The molecule has 102 valence electrons. The molecule has 0 aliphatic rings. The van der Waals surface area contributed by atoms with Gasteiger partial charge in [0.2, 0.25) is 0 Å². The van der Waals surface area contributed by atoms with Gasteiger partial charge in [-0.3, -0.25) is 0 Å². The highest BCUT2D eigenvalue weighted by Gasteiger charge is 2.15. The second-order valence-electron chi connectivity index (χ2n) is 5.14. The molecule has 1 N–H and O–H groups in total. The molecular formula is C17H23NO. The summed E-state index contributed by atoms with van der Waals surface area (Å²) < 4.78 is 5.23. The van der Waals surface area contributed by atoms with Crippen molar-refractivity contribution in [1.82, 2.24) is 5.32 Å². The highest BCUT2D eigenvalue weighted by molar-refractivity contribution is 5.35. The van der Waals surface area contributed by atoms with Gasteiger partial charge in [0.15, 0.2) is 0 Å². The molecule has 0 spiro atoms. The van der Waals surface area contributed by atoms with E-state index in [4.69, 9.17) is 4.42 Å². The van der Waals surface area contributed by atoms with Gasteiger partial charge >= 0.3 is 0 Å². The van der Waals surface area contributed by atoms with E-state index in [1.54, 1.807) is 6.26 Å². The van der Waals surface area contributed by atoms with Crippen LogP contribution in [0.3, 0.4) is 0 Å². The van der Waals surface area contributed by atoms with Crippen molar-refractivity contribution in [3.05, 3.63) is 59.0 Å². The lowest BCUT2D eigenvalue weighted by Crippen LogP contribution is -2.24. The number of nitrogens with one attached hydrogen (secondary N) is 1. The summed E-state index contributed by atoms with van der Waals surface area (Å²) in [6.07, 6.45) is 5.75. The monoisotopic (exact) mass is 257 g/mol. The topological polar surface area (TPSA) is 25.2 Å². The Morgan fingerprint density at radius 1 is 1.16 bits per heavy atom. The quantitative estimate of drug-likeness (QED) is 0.839. The van der Waals surface area contributed by atoms with Gasteiger partial charge in [0, 0.05) is 11.6 Å². The van der Waals surface area contributed by atoms with Crippen LogP contribution in [0.15, 0.2) is 41.2 Å². The van der Waals surface area contributed by atoms with E-state index in [1.807, 2.05) is 6.26 Å². The molecule has 0 radical (unpaired) electrons. The van der Waals surface area contributed by atoms with Gasteiger partial charge in [-0.2, -0.15) is 0 Å². The van der Waals surface area contributed by atoms with Crippen LogP contribution < -0.4 is 5.32 Å². The van der Waals surface area contributed by atoms with Gasteiger partial charge in [-0.05, 0) is 56.0 Å². The van der Waals surface area contributed by atoms with Crippen molar-refractivity contribution in [1.29, 1.82) is 0 Å². The minimum atomic E-state index is 0.332. The molecule has 2 rings (SSSR count). The van der Waals surface area contributed by atoms with Crippen LogP contribution >= 0.6 is 0 Å². The number of furan rings is 1. The summed E-state index contributed by atoms with van der Waals surface area (Å²) >= 11 is 0. The smallest absolute Gasteiger partial charge is 0.0950 e. The summed E-state index contributed by atoms with van der Waals surface area (Å²) in [6, 6.07) is 8.89. The summed E-state index contributed by atoms with van der Waals surface area (Å²) in [5.74, 6) is 0. The van der Waals surface area contributed by atoms with Crippen molar-refractivity contribution in [3.8, 4) is 0 Å². The van der Waals surface area contributed by atoms with E-state index in [2.05, 4.69) is 50.4 Å². The molecular weight excluding hydrogens is 234 g/mol. The fourth-order valence-electron chi connectivity index (χ4n) is 2.47. The summed E-state index contributed by atoms with van der Waals surface area (Å²) in [4.78, 5) is 0. The molecule has 1 aromatic heterocycles. The fourth-order valence-corrected chi connectivity index (χ4v) is 2.47. The van der Waals surface area contributed by atoms with Gasteiger partial charge in [-0.1, -0.05) is 25.1 Å². The van der Waals surface area contributed by atoms with E-state index in [0.717, 1.165) is 19.4 Å². The first-order valence-corrected chi connectivity index (χ1v) is 7.03. The van der Waals surface area contributed by atoms with Crippen LogP contribution in [0, 0.1) is 13.8 Å². The lowest BCUT2D eigenvalue weighted by Gasteiger charge is -2.19. The molecule has 0 aliphatic carbocycles. The third kappa shape index (κ3) is 3.48. The van der Waals surface area contributed by atoms with E-state index >= 15 is 0 Å². The Labute approximate surface area is 115 Å². The van der Waals surface area contributed by atoms with E-state index in [9.17, 15) is 0 Å². The molecule has 1 unspecified atom stereocenters. The van der Waals surface area contributed by atoms with Crippen LogP contribution in [0.4, 0.5) is 0 Å². The van der Waals surface area contributed by atoms with E-state index in [-0.39, 0.29) is 0 Å². The normalized spacial score (nSPS) is 12.6.